The maximum Gasteiger partial charge on any atom is 0.254 e. The van der Waals surface area contributed by atoms with Gasteiger partial charge in [0.1, 0.15) is 0 Å². The maximum absolute atomic E-state index is 12.7. The number of nitrogens with one attached hydrogen (secondary N) is 1. The molecule has 1 aromatic rings. The molecule has 0 aromatic heterocycles. The zero-order valence-electron chi connectivity index (χ0n) is 12.5. The predicted octanol–water partition coefficient (Wildman–Crippen LogP) is 3.30. The monoisotopic (exact) mass is 272 g/mol. The van der Waals surface area contributed by atoms with Gasteiger partial charge in [-0.05, 0) is 62.3 Å². The smallest absolute Gasteiger partial charge is 0.254 e. The van der Waals surface area contributed by atoms with Crippen LogP contribution < -0.4 is 5.32 Å². The highest BCUT2D eigenvalue weighted by Crippen LogP contribution is 2.38. The number of nitrogens with zero attached hydrogens (tertiary/aromatic N) is 1. The van der Waals surface area contributed by atoms with Crippen LogP contribution in [0.15, 0.2) is 18.2 Å². The minimum absolute atomic E-state index is 0.222. The number of carbonyl (C=O) groups is 1. The fourth-order valence-corrected chi connectivity index (χ4v) is 3.79. The van der Waals surface area contributed by atoms with Crippen LogP contribution >= 0.6 is 0 Å². The number of likely N-dealkylation sites (tertiary alicyclic amines) is 1. The second-order valence-corrected chi connectivity index (χ2v) is 6.22. The summed E-state index contributed by atoms with van der Waals surface area (Å²) in [6.07, 6.45) is 3.98. The molecule has 1 aromatic carbocycles. The molecule has 3 rings (SSSR count). The summed E-state index contributed by atoms with van der Waals surface area (Å²) < 4.78 is 0. The Kier molecular flexibility index (Phi) is 3.68. The quantitative estimate of drug-likeness (QED) is 0.915. The topological polar surface area (TPSA) is 32.3 Å². The molecular formula is C17H24N2O. The predicted molar refractivity (Wildman–Crippen MR) is 82.1 cm³/mol. The Morgan fingerprint density at radius 3 is 2.60 bits per heavy atom. The molecule has 3 heteroatoms. The number of fused-ring (bicyclic) bond motifs is 1. The molecule has 1 saturated heterocycles. The second-order valence-electron chi connectivity index (χ2n) is 6.22. The zero-order chi connectivity index (χ0) is 14.1. The van der Waals surface area contributed by atoms with Crippen molar-refractivity contribution in [3.8, 4) is 0 Å². The molecule has 1 heterocycles. The number of amides is 1. The van der Waals surface area contributed by atoms with E-state index in [4.69, 9.17) is 0 Å². The van der Waals surface area contributed by atoms with Crippen LogP contribution in [-0.2, 0) is 0 Å². The highest BCUT2D eigenvalue weighted by molar-refractivity contribution is 5.96. The number of hydrogen-bond donors (Lipinski definition) is 1. The van der Waals surface area contributed by atoms with E-state index in [2.05, 4.69) is 23.2 Å². The molecule has 2 atom stereocenters. The van der Waals surface area contributed by atoms with Gasteiger partial charge in [-0.2, -0.15) is 0 Å². The van der Waals surface area contributed by atoms with Crippen molar-refractivity contribution < 1.29 is 4.79 Å². The Morgan fingerprint density at radius 1 is 1.30 bits per heavy atom. The first-order valence-corrected chi connectivity index (χ1v) is 7.83. The van der Waals surface area contributed by atoms with Crippen LogP contribution in [0.25, 0.3) is 0 Å². The third-order valence-corrected chi connectivity index (χ3v) is 4.85. The molecule has 1 N–H and O–H groups in total. The normalized spacial score (nSPS) is 24.8. The van der Waals surface area contributed by atoms with E-state index in [-0.39, 0.29) is 5.91 Å². The van der Waals surface area contributed by atoms with E-state index in [0.29, 0.717) is 0 Å². The summed E-state index contributed by atoms with van der Waals surface area (Å²) in [5.74, 6) is 1.75. The third kappa shape index (κ3) is 2.41. The van der Waals surface area contributed by atoms with Gasteiger partial charge in [-0.3, -0.25) is 4.79 Å². The summed E-state index contributed by atoms with van der Waals surface area (Å²) in [5, 5.41) is 3.29. The van der Waals surface area contributed by atoms with Crippen molar-refractivity contribution in [2.24, 2.45) is 11.8 Å². The van der Waals surface area contributed by atoms with Gasteiger partial charge in [-0.1, -0.05) is 6.42 Å². The first-order valence-electron chi connectivity index (χ1n) is 7.83. The van der Waals surface area contributed by atoms with E-state index in [9.17, 15) is 4.79 Å². The number of rotatable bonds is 3. The lowest BCUT2D eigenvalue weighted by atomic mass is 10.0. The summed E-state index contributed by atoms with van der Waals surface area (Å²) in [6.45, 7) is 6.96. The molecule has 0 spiro atoms. The zero-order valence-corrected chi connectivity index (χ0v) is 12.5. The van der Waals surface area contributed by atoms with Gasteiger partial charge in [0.2, 0.25) is 0 Å². The third-order valence-electron chi connectivity index (χ3n) is 4.85. The molecule has 3 nitrogen and oxygen atoms in total. The van der Waals surface area contributed by atoms with Crippen molar-refractivity contribution in [2.45, 2.75) is 33.1 Å². The molecular weight excluding hydrogens is 248 g/mol. The van der Waals surface area contributed by atoms with Crippen LogP contribution in [0, 0.1) is 18.8 Å². The molecule has 1 aliphatic heterocycles. The van der Waals surface area contributed by atoms with Gasteiger partial charge in [0.15, 0.2) is 0 Å². The summed E-state index contributed by atoms with van der Waals surface area (Å²) in [7, 11) is 0. The van der Waals surface area contributed by atoms with Crippen LogP contribution in [0.2, 0.25) is 0 Å². The Labute approximate surface area is 121 Å². The van der Waals surface area contributed by atoms with E-state index in [1.165, 1.54) is 19.3 Å². The van der Waals surface area contributed by atoms with Gasteiger partial charge in [-0.25, -0.2) is 0 Å². The van der Waals surface area contributed by atoms with Gasteiger partial charge in [-0.15, -0.1) is 0 Å². The highest BCUT2D eigenvalue weighted by atomic mass is 16.2. The van der Waals surface area contributed by atoms with E-state index in [1.807, 2.05) is 19.1 Å². The number of aryl methyl sites for hydroxylation is 1. The van der Waals surface area contributed by atoms with Crippen molar-refractivity contribution in [1.82, 2.24) is 4.90 Å². The lowest BCUT2D eigenvalue weighted by Gasteiger charge is -2.19. The average molecular weight is 272 g/mol. The van der Waals surface area contributed by atoms with Crippen molar-refractivity contribution in [3.05, 3.63) is 29.3 Å². The lowest BCUT2D eigenvalue weighted by Crippen LogP contribution is -2.30. The van der Waals surface area contributed by atoms with Crippen LogP contribution in [0.3, 0.4) is 0 Å². The van der Waals surface area contributed by atoms with E-state index in [1.54, 1.807) is 0 Å². The molecule has 20 heavy (non-hydrogen) atoms. The van der Waals surface area contributed by atoms with Crippen molar-refractivity contribution in [3.63, 3.8) is 0 Å². The van der Waals surface area contributed by atoms with Crippen LogP contribution in [-0.4, -0.2) is 30.4 Å². The maximum atomic E-state index is 12.7. The number of benzene rings is 1. The number of hydrogen-bond acceptors (Lipinski definition) is 2. The SMILES string of the molecule is CCNc1ccc(C(=O)N2CC3CCCC3C2)c(C)c1. The Morgan fingerprint density at radius 2 is 2.00 bits per heavy atom. The molecule has 0 bridgehead atoms. The van der Waals surface area contributed by atoms with Gasteiger partial charge < -0.3 is 10.2 Å². The van der Waals surface area contributed by atoms with E-state index >= 15 is 0 Å². The molecule has 108 valence electrons. The molecule has 1 saturated carbocycles. The first kappa shape index (κ1) is 13.5. The summed E-state index contributed by atoms with van der Waals surface area (Å²) in [6, 6.07) is 6.07. The number of carbonyl (C=O) groups excluding carboxylic acids is 1. The second kappa shape index (κ2) is 5.47. The summed E-state index contributed by atoms with van der Waals surface area (Å²) in [5.41, 5.74) is 3.04. The van der Waals surface area contributed by atoms with E-state index < -0.39 is 0 Å². The summed E-state index contributed by atoms with van der Waals surface area (Å²) >= 11 is 0. The Bertz CT molecular complexity index is 500. The Hall–Kier alpha value is -1.51. The fraction of sp³-hybridized carbons (Fsp3) is 0.588. The molecule has 0 radical (unpaired) electrons. The standard InChI is InChI=1S/C17H24N2O/c1-3-18-15-7-8-16(12(2)9-15)17(20)19-10-13-5-4-6-14(13)11-19/h7-9,13-14,18H,3-6,10-11H2,1-2H3. The minimum Gasteiger partial charge on any atom is -0.385 e. The van der Waals surface area contributed by atoms with Crippen molar-refractivity contribution in [1.29, 1.82) is 0 Å². The van der Waals surface area contributed by atoms with Gasteiger partial charge >= 0.3 is 0 Å². The van der Waals surface area contributed by atoms with Crippen LogP contribution in [0.5, 0.6) is 0 Å². The average Bonchev–Trinajstić information content (AvgIpc) is 2.99. The van der Waals surface area contributed by atoms with Crippen LogP contribution in [0.4, 0.5) is 5.69 Å². The largest absolute Gasteiger partial charge is 0.385 e. The minimum atomic E-state index is 0.222. The molecule has 1 aliphatic carbocycles. The lowest BCUT2D eigenvalue weighted by molar-refractivity contribution is 0.0780. The molecule has 2 aliphatic rings. The number of anilines is 1. The van der Waals surface area contributed by atoms with Gasteiger partial charge in [0.05, 0.1) is 0 Å². The van der Waals surface area contributed by atoms with E-state index in [0.717, 1.165) is 48.3 Å². The Balaban J connectivity index is 1.74. The van der Waals surface area contributed by atoms with Gasteiger partial charge in [0, 0.05) is 30.9 Å². The molecule has 2 fully saturated rings. The fourth-order valence-electron chi connectivity index (χ4n) is 3.79. The van der Waals surface area contributed by atoms with Crippen molar-refractivity contribution >= 4 is 11.6 Å². The molecule has 1 amide bonds. The summed E-state index contributed by atoms with van der Waals surface area (Å²) in [4.78, 5) is 14.7. The highest BCUT2D eigenvalue weighted by Gasteiger charge is 2.38. The van der Waals surface area contributed by atoms with Crippen molar-refractivity contribution in [2.75, 3.05) is 25.0 Å². The van der Waals surface area contributed by atoms with Crippen LogP contribution in [0.1, 0.15) is 42.1 Å². The first-order chi connectivity index (χ1) is 9.69. The molecule has 2 unspecified atom stereocenters. The van der Waals surface area contributed by atoms with Gasteiger partial charge in [0.25, 0.3) is 5.91 Å².